The van der Waals surface area contributed by atoms with Gasteiger partial charge in [0.25, 0.3) is 0 Å². The number of amides is 1. The first-order valence-electron chi connectivity index (χ1n) is 7.06. The number of piperidine rings is 1. The fourth-order valence-electron chi connectivity index (χ4n) is 2.52. The molecule has 0 aliphatic carbocycles. The Morgan fingerprint density at radius 2 is 2.05 bits per heavy atom. The van der Waals surface area contributed by atoms with E-state index < -0.39 is 24.4 Å². The Hall–Kier alpha value is -1.24. The minimum Gasteiger partial charge on any atom is -0.456 e. The summed E-state index contributed by atoms with van der Waals surface area (Å²) in [7, 11) is 0. The molecule has 0 saturated carbocycles. The zero-order chi connectivity index (χ0) is 14.6. The van der Waals surface area contributed by atoms with Crippen molar-refractivity contribution in [1.82, 2.24) is 10.2 Å². The number of hydrogen-bond acceptors (Lipinski definition) is 4. The van der Waals surface area contributed by atoms with Gasteiger partial charge in [0.05, 0.1) is 6.42 Å². The van der Waals surface area contributed by atoms with Gasteiger partial charge in [0.15, 0.2) is 0 Å². The van der Waals surface area contributed by atoms with E-state index in [2.05, 4.69) is 10.1 Å². The van der Waals surface area contributed by atoms with Crippen molar-refractivity contribution in [2.24, 2.45) is 0 Å². The maximum atomic E-state index is 12.9. The number of halogens is 2. The zero-order valence-corrected chi connectivity index (χ0v) is 11.4. The van der Waals surface area contributed by atoms with Gasteiger partial charge < -0.3 is 15.0 Å². The number of carbonyl (C=O) groups is 2. The summed E-state index contributed by atoms with van der Waals surface area (Å²) in [6.07, 6.45) is 2.22. The Balaban J connectivity index is 1.60. The van der Waals surface area contributed by atoms with Gasteiger partial charge in [-0.15, -0.1) is 0 Å². The Bertz CT molecular complexity index is 371. The SMILES string of the molecule is O=C(CCNCC1CC(F)(F)C(=O)O1)N1CCCCC1. The average Bonchev–Trinajstić information content (AvgIpc) is 2.69. The van der Waals surface area contributed by atoms with Crippen LogP contribution in [-0.4, -0.2) is 55.0 Å². The molecule has 0 aromatic rings. The minimum atomic E-state index is -3.37. The van der Waals surface area contributed by atoms with Crippen LogP contribution in [-0.2, 0) is 14.3 Å². The molecule has 1 N–H and O–H groups in total. The van der Waals surface area contributed by atoms with Gasteiger partial charge in [0.2, 0.25) is 5.91 Å². The normalized spacial score (nSPS) is 25.6. The Morgan fingerprint density at radius 3 is 2.65 bits per heavy atom. The van der Waals surface area contributed by atoms with E-state index in [-0.39, 0.29) is 12.5 Å². The molecule has 20 heavy (non-hydrogen) atoms. The van der Waals surface area contributed by atoms with Gasteiger partial charge >= 0.3 is 11.9 Å². The van der Waals surface area contributed by atoms with Crippen molar-refractivity contribution in [3.05, 3.63) is 0 Å². The van der Waals surface area contributed by atoms with Crippen LogP contribution in [0.25, 0.3) is 0 Å². The van der Waals surface area contributed by atoms with Crippen LogP contribution in [0.4, 0.5) is 8.78 Å². The third-order valence-corrected chi connectivity index (χ3v) is 3.65. The highest BCUT2D eigenvalue weighted by Crippen LogP contribution is 2.30. The van der Waals surface area contributed by atoms with Gasteiger partial charge in [-0.3, -0.25) is 4.79 Å². The van der Waals surface area contributed by atoms with E-state index in [4.69, 9.17) is 0 Å². The van der Waals surface area contributed by atoms with Crippen molar-refractivity contribution in [3.63, 3.8) is 0 Å². The number of alkyl halides is 2. The lowest BCUT2D eigenvalue weighted by Crippen LogP contribution is -2.38. The second kappa shape index (κ2) is 6.47. The van der Waals surface area contributed by atoms with Crippen molar-refractivity contribution >= 4 is 11.9 Å². The van der Waals surface area contributed by atoms with Gasteiger partial charge in [0.1, 0.15) is 6.10 Å². The lowest BCUT2D eigenvalue weighted by Gasteiger charge is -2.26. The molecule has 0 spiro atoms. The molecular weight excluding hydrogens is 270 g/mol. The summed E-state index contributed by atoms with van der Waals surface area (Å²) in [4.78, 5) is 24.5. The zero-order valence-electron chi connectivity index (χ0n) is 11.4. The number of esters is 1. The van der Waals surface area contributed by atoms with Crippen LogP contribution < -0.4 is 5.32 Å². The number of hydrogen-bond donors (Lipinski definition) is 1. The summed E-state index contributed by atoms with van der Waals surface area (Å²) in [6, 6.07) is 0. The predicted octanol–water partition coefficient (Wildman–Crippen LogP) is 0.929. The maximum absolute atomic E-state index is 12.9. The highest BCUT2D eigenvalue weighted by Gasteiger charge is 2.50. The molecule has 7 heteroatoms. The topological polar surface area (TPSA) is 58.6 Å². The van der Waals surface area contributed by atoms with E-state index in [0.29, 0.717) is 13.0 Å². The van der Waals surface area contributed by atoms with Crippen LogP contribution in [0.2, 0.25) is 0 Å². The van der Waals surface area contributed by atoms with Crippen molar-refractivity contribution in [2.75, 3.05) is 26.2 Å². The second-order valence-electron chi connectivity index (χ2n) is 5.33. The molecule has 2 rings (SSSR count). The molecule has 5 nitrogen and oxygen atoms in total. The van der Waals surface area contributed by atoms with Crippen LogP contribution in [0.3, 0.4) is 0 Å². The number of rotatable bonds is 5. The van der Waals surface area contributed by atoms with E-state index in [9.17, 15) is 18.4 Å². The fourth-order valence-corrected chi connectivity index (χ4v) is 2.52. The molecular formula is C13H20F2N2O3. The minimum absolute atomic E-state index is 0.0888. The fraction of sp³-hybridized carbons (Fsp3) is 0.846. The van der Waals surface area contributed by atoms with Crippen LogP contribution in [0, 0.1) is 0 Å². The number of nitrogens with zero attached hydrogens (tertiary/aromatic N) is 1. The standard InChI is InChI=1S/C13H20F2N2O3/c14-13(15)8-10(20-12(13)19)9-16-5-4-11(18)17-6-2-1-3-7-17/h10,16H,1-9H2. The highest BCUT2D eigenvalue weighted by molar-refractivity contribution is 5.79. The molecule has 2 fully saturated rings. The molecule has 0 aromatic heterocycles. The summed E-state index contributed by atoms with van der Waals surface area (Å²) >= 11 is 0. The van der Waals surface area contributed by atoms with Gasteiger partial charge in [0, 0.05) is 32.6 Å². The quantitative estimate of drug-likeness (QED) is 0.604. The van der Waals surface area contributed by atoms with Gasteiger partial charge in [-0.1, -0.05) is 0 Å². The molecule has 0 radical (unpaired) electrons. The maximum Gasteiger partial charge on any atom is 0.377 e. The van der Waals surface area contributed by atoms with Gasteiger partial charge in [-0.05, 0) is 19.3 Å². The van der Waals surface area contributed by atoms with E-state index in [0.717, 1.165) is 25.9 Å². The molecule has 1 unspecified atom stereocenters. The summed E-state index contributed by atoms with van der Waals surface area (Å²) in [5.41, 5.74) is 0. The third-order valence-electron chi connectivity index (χ3n) is 3.65. The lowest BCUT2D eigenvalue weighted by molar-refractivity contribution is -0.159. The van der Waals surface area contributed by atoms with Crippen molar-refractivity contribution < 1.29 is 23.1 Å². The summed E-state index contributed by atoms with van der Waals surface area (Å²) in [5.74, 6) is -4.73. The van der Waals surface area contributed by atoms with Crippen molar-refractivity contribution in [2.45, 2.75) is 44.1 Å². The highest BCUT2D eigenvalue weighted by atomic mass is 19.3. The van der Waals surface area contributed by atoms with Crippen molar-refractivity contribution in [3.8, 4) is 0 Å². The lowest BCUT2D eigenvalue weighted by atomic mass is 10.1. The second-order valence-corrected chi connectivity index (χ2v) is 5.33. The van der Waals surface area contributed by atoms with Gasteiger partial charge in [-0.2, -0.15) is 8.78 Å². The van der Waals surface area contributed by atoms with E-state index in [1.54, 1.807) is 0 Å². The molecule has 1 amide bonds. The molecule has 2 aliphatic rings. The molecule has 114 valence electrons. The van der Waals surface area contributed by atoms with E-state index in [1.165, 1.54) is 6.42 Å². The van der Waals surface area contributed by atoms with Crippen LogP contribution >= 0.6 is 0 Å². The monoisotopic (exact) mass is 290 g/mol. The molecule has 0 aromatic carbocycles. The predicted molar refractivity (Wildman–Crippen MR) is 67.4 cm³/mol. The smallest absolute Gasteiger partial charge is 0.377 e. The first kappa shape index (κ1) is 15.2. The van der Waals surface area contributed by atoms with Crippen molar-refractivity contribution in [1.29, 1.82) is 0 Å². The third kappa shape index (κ3) is 3.88. The molecule has 2 aliphatic heterocycles. The Morgan fingerprint density at radius 1 is 1.35 bits per heavy atom. The Labute approximate surface area is 116 Å². The number of ether oxygens (including phenoxy) is 1. The van der Waals surface area contributed by atoms with E-state index >= 15 is 0 Å². The molecule has 0 bridgehead atoms. The number of nitrogens with one attached hydrogen (secondary N) is 1. The van der Waals surface area contributed by atoms with Gasteiger partial charge in [-0.25, -0.2) is 4.79 Å². The molecule has 1 atom stereocenters. The van der Waals surface area contributed by atoms with Crippen LogP contribution in [0.15, 0.2) is 0 Å². The number of likely N-dealkylation sites (tertiary alicyclic amines) is 1. The summed E-state index contributed by atoms with van der Waals surface area (Å²) in [5, 5.41) is 2.90. The number of cyclic esters (lactones) is 1. The van der Waals surface area contributed by atoms with Crippen LogP contribution in [0.1, 0.15) is 32.1 Å². The first-order valence-corrected chi connectivity index (χ1v) is 7.06. The summed E-state index contributed by atoms with van der Waals surface area (Å²) < 4.78 is 30.4. The average molecular weight is 290 g/mol. The number of carbonyl (C=O) groups excluding carboxylic acids is 2. The molecule has 2 heterocycles. The van der Waals surface area contributed by atoms with Crippen LogP contribution in [0.5, 0.6) is 0 Å². The molecule has 2 saturated heterocycles. The van der Waals surface area contributed by atoms with E-state index in [1.807, 2.05) is 4.90 Å². The largest absolute Gasteiger partial charge is 0.456 e. The Kier molecular flexibility index (Phi) is 4.91. The summed E-state index contributed by atoms with van der Waals surface area (Å²) in [6.45, 7) is 2.19. The first-order chi connectivity index (χ1) is 9.49.